The van der Waals surface area contributed by atoms with Crippen LogP contribution in [0.3, 0.4) is 0 Å². The van der Waals surface area contributed by atoms with Crippen LogP contribution in [0.4, 0.5) is 20.3 Å². The molecule has 5 N–H and O–H groups in total. The molecular weight excluding hydrogens is 458 g/mol. The average Bonchev–Trinajstić information content (AvgIpc) is 3.29. The number of hydrogen-bond donors (Lipinski definition) is 4. The Balaban J connectivity index is 0.000000286. The third-order valence-corrected chi connectivity index (χ3v) is 6.31. The SMILES string of the molecule is C=Cc1ccc(-c2ccc(-c3cnc(N)c(S)c3)s2)cc1CNC.Nc1ccc(F)cc1F. The molecule has 2 aromatic carbocycles. The number of thiol groups is 1. The van der Waals surface area contributed by atoms with E-state index in [0.717, 1.165) is 34.7 Å². The highest BCUT2D eigenvalue weighted by Crippen LogP contribution is 2.36. The summed E-state index contributed by atoms with van der Waals surface area (Å²) in [6.45, 7) is 4.70. The summed E-state index contributed by atoms with van der Waals surface area (Å²) in [6, 6.07) is 15.7. The summed E-state index contributed by atoms with van der Waals surface area (Å²) >= 11 is 6.09. The fourth-order valence-electron chi connectivity index (χ4n) is 3.05. The number of nitrogen functional groups attached to an aromatic ring is 2. The zero-order valence-electron chi connectivity index (χ0n) is 18.0. The summed E-state index contributed by atoms with van der Waals surface area (Å²) in [5.41, 5.74) is 15.4. The van der Waals surface area contributed by atoms with Crippen molar-refractivity contribution in [3.63, 3.8) is 0 Å². The van der Waals surface area contributed by atoms with Crippen LogP contribution in [0.5, 0.6) is 0 Å². The quantitative estimate of drug-likeness (QED) is 0.200. The lowest BCUT2D eigenvalue weighted by Gasteiger charge is -2.08. The van der Waals surface area contributed by atoms with E-state index in [-0.39, 0.29) is 5.69 Å². The van der Waals surface area contributed by atoms with Gasteiger partial charge in [0.15, 0.2) is 0 Å². The van der Waals surface area contributed by atoms with Crippen molar-refractivity contribution in [3.8, 4) is 20.9 Å². The topological polar surface area (TPSA) is 77.0 Å². The molecule has 4 rings (SSSR count). The summed E-state index contributed by atoms with van der Waals surface area (Å²) in [5.74, 6) is -0.868. The van der Waals surface area contributed by atoms with E-state index in [1.807, 2.05) is 19.2 Å². The van der Waals surface area contributed by atoms with Crippen molar-refractivity contribution < 1.29 is 8.78 Å². The van der Waals surface area contributed by atoms with Crippen LogP contribution in [0.25, 0.3) is 27.0 Å². The number of nitrogens with two attached hydrogens (primary N) is 2. The lowest BCUT2D eigenvalue weighted by molar-refractivity contribution is 0.586. The maximum absolute atomic E-state index is 12.2. The third kappa shape index (κ3) is 6.19. The van der Waals surface area contributed by atoms with E-state index < -0.39 is 11.6 Å². The van der Waals surface area contributed by atoms with Gasteiger partial charge in [-0.1, -0.05) is 24.8 Å². The number of thiophene rings is 1. The second-order valence-electron chi connectivity index (χ2n) is 7.11. The van der Waals surface area contributed by atoms with Crippen molar-refractivity contribution in [1.29, 1.82) is 0 Å². The van der Waals surface area contributed by atoms with E-state index in [2.05, 4.69) is 59.8 Å². The molecule has 0 aliphatic heterocycles. The van der Waals surface area contributed by atoms with Crippen LogP contribution in [0, 0.1) is 11.6 Å². The Morgan fingerprint density at radius 3 is 2.36 bits per heavy atom. The van der Waals surface area contributed by atoms with Gasteiger partial charge in [-0.25, -0.2) is 13.8 Å². The molecule has 0 spiro atoms. The van der Waals surface area contributed by atoms with E-state index in [1.54, 1.807) is 17.5 Å². The maximum atomic E-state index is 12.2. The first kappa shape index (κ1) is 24.4. The van der Waals surface area contributed by atoms with Gasteiger partial charge in [0, 0.05) is 39.0 Å². The van der Waals surface area contributed by atoms with Crippen LogP contribution in [0.15, 0.2) is 72.3 Å². The van der Waals surface area contributed by atoms with Crippen molar-refractivity contribution in [1.82, 2.24) is 10.3 Å². The number of nitrogens with one attached hydrogen (secondary N) is 1. The number of pyridine rings is 1. The highest BCUT2D eigenvalue weighted by atomic mass is 32.1. The Kier molecular flexibility index (Phi) is 8.21. The smallest absolute Gasteiger partial charge is 0.148 e. The Bertz CT molecular complexity index is 1270. The molecule has 170 valence electrons. The normalized spacial score (nSPS) is 10.4. The largest absolute Gasteiger partial charge is 0.396 e. The summed E-state index contributed by atoms with van der Waals surface area (Å²) < 4.78 is 24.3. The number of aromatic nitrogens is 1. The van der Waals surface area contributed by atoms with Crippen LogP contribution < -0.4 is 16.8 Å². The van der Waals surface area contributed by atoms with Crippen LogP contribution in [-0.2, 0) is 6.54 Å². The molecule has 33 heavy (non-hydrogen) atoms. The number of anilines is 2. The van der Waals surface area contributed by atoms with Crippen molar-refractivity contribution in [2.45, 2.75) is 11.4 Å². The molecule has 8 heteroatoms. The van der Waals surface area contributed by atoms with Crippen molar-refractivity contribution in [2.24, 2.45) is 0 Å². The van der Waals surface area contributed by atoms with Crippen LogP contribution in [0.2, 0.25) is 0 Å². The number of nitrogens with zero attached hydrogens (tertiary/aromatic N) is 1. The molecule has 0 fully saturated rings. The van der Waals surface area contributed by atoms with Crippen LogP contribution >= 0.6 is 24.0 Å². The Labute approximate surface area is 201 Å². The summed E-state index contributed by atoms with van der Waals surface area (Å²) in [4.78, 5) is 7.26. The van der Waals surface area contributed by atoms with Gasteiger partial charge in [-0.2, -0.15) is 0 Å². The Morgan fingerprint density at radius 1 is 1.03 bits per heavy atom. The molecule has 0 atom stereocenters. The first-order valence-corrected chi connectivity index (χ1v) is 11.2. The molecule has 0 saturated carbocycles. The molecule has 4 aromatic rings. The number of hydrogen-bond acceptors (Lipinski definition) is 6. The fraction of sp³-hybridized carbons (Fsp3) is 0.0800. The van der Waals surface area contributed by atoms with Gasteiger partial charge in [-0.05, 0) is 60.1 Å². The minimum absolute atomic E-state index is 0.0311. The summed E-state index contributed by atoms with van der Waals surface area (Å²) in [5, 5.41) is 3.21. The zero-order chi connectivity index (χ0) is 24.0. The minimum atomic E-state index is -0.713. The second-order valence-corrected chi connectivity index (χ2v) is 8.67. The van der Waals surface area contributed by atoms with Crippen molar-refractivity contribution >= 4 is 41.5 Å². The van der Waals surface area contributed by atoms with E-state index in [9.17, 15) is 8.78 Å². The highest BCUT2D eigenvalue weighted by Gasteiger charge is 2.09. The van der Waals surface area contributed by atoms with E-state index in [1.165, 1.54) is 22.1 Å². The van der Waals surface area contributed by atoms with Gasteiger partial charge >= 0.3 is 0 Å². The second kappa shape index (κ2) is 11.1. The number of rotatable bonds is 5. The maximum Gasteiger partial charge on any atom is 0.148 e. The predicted octanol–water partition coefficient (Wildman–Crippen LogP) is 6.26. The molecule has 2 heterocycles. The molecule has 0 aliphatic carbocycles. The lowest BCUT2D eigenvalue weighted by Crippen LogP contribution is -2.06. The first-order chi connectivity index (χ1) is 15.8. The Morgan fingerprint density at radius 2 is 1.76 bits per heavy atom. The highest BCUT2D eigenvalue weighted by molar-refractivity contribution is 7.80. The Hall–Kier alpha value is -3.20. The molecule has 0 unspecified atom stereocenters. The molecule has 2 aromatic heterocycles. The average molecular weight is 483 g/mol. The van der Waals surface area contributed by atoms with Gasteiger partial charge in [0.2, 0.25) is 0 Å². The van der Waals surface area contributed by atoms with Gasteiger partial charge in [0.25, 0.3) is 0 Å². The zero-order valence-corrected chi connectivity index (χ0v) is 19.7. The predicted molar refractivity (Wildman–Crippen MR) is 138 cm³/mol. The minimum Gasteiger partial charge on any atom is -0.396 e. The fourth-order valence-corrected chi connectivity index (χ4v) is 4.23. The molecule has 4 nitrogen and oxygen atoms in total. The van der Waals surface area contributed by atoms with Crippen LogP contribution in [-0.4, -0.2) is 12.0 Å². The standard InChI is InChI=1S/C19H19N3S2.C6H5F2N/c1-3-12-4-5-13(8-14(12)10-21-2)17-6-7-18(24-17)15-9-16(23)19(20)22-11-15;7-4-1-2-6(9)5(8)3-4/h3-9,11,21,23H,1,10H2,2H3,(H2,20,22);1-3H,9H2. The molecule has 0 bridgehead atoms. The van der Waals surface area contributed by atoms with E-state index in [0.29, 0.717) is 10.7 Å². The number of benzene rings is 2. The van der Waals surface area contributed by atoms with Gasteiger partial charge in [0.1, 0.15) is 17.5 Å². The van der Waals surface area contributed by atoms with E-state index in [4.69, 9.17) is 11.5 Å². The lowest BCUT2D eigenvalue weighted by atomic mass is 10.0. The summed E-state index contributed by atoms with van der Waals surface area (Å²) in [7, 11) is 1.95. The molecular formula is C25H24F2N4S2. The van der Waals surface area contributed by atoms with Crippen molar-refractivity contribution in [2.75, 3.05) is 18.5 Å². The first-order valence-electron chi connectivity index (χ1n) is 9.98. The van der Waals surface area contributed by atoms with Gasteiger partial charge < -0.3 is 16.8 Å². The van der Waals surface area contributed by atoms with Gasteiger partial charge in [0.05, 0.1) is 5.69 Å². The van der Waals surface area contributed by atoms with Crippen LogP contribution in [0.1, 0.15) is 11.1 Å². The number of halogens is 2. The summed E-state index contributed by atoms with van der Waals surface area (Å²) in [6.07, 6.45) is 3.68. The monoisotopic (exact) mass is 482 g/mol. The molecule has 0 amide bonds. The van der Waals surface area contributed by atoms with Gasteiger partial charge in [-0.3, -0.25) is 0 Å². The molecule has 0 saturated heterocycles. The molecule has 0 radical (unpaired) electrons. The van der Waals surface area contributed by atoms with Crippen molar-refractivity contribution in [3.05, 3.63) is 90.1 Å². The molecule has 0 aliphatic rings. The van der Waals surface area contributed by atoms with Gasteiger partial charge in [-0.15, -0.1) is 24.0 Å². The third-order valence-electron chi connectivity index (χ3n) is 4.77. The van der Waals surface area contributed by atoms with E-state index >= 15 is 0 Å².